The fourth-order valence-electron chi connectivity index (χ4n) is 3.10. The van der Waals surface area contributed by atoms with Gasteiger partial charge in [-0.2, -0.15) is 0 Å². The predicted molar refractivity (Wildman–Crippen MR) is 114 cm³/mol. The van der Waals surface area contributed by atoms with Crippen LogP contribution >= 0.6 is 0 Å². The third-order valence-corrected chi connectivity index (χ3v) is 4.63. The Hall–Kier alpha value is -3.93. The van der Waals surface area contributed by atoms with Crippen molar-refractivity contribution in [2.45, 2.75) is 6.61 Å². The topological polar surface area (TPSA) is 69.9 Å². The van der Waals surface area contributed by atoms with Crippen LogP contribution < -0.4 is 19.5 Å². The van der Waals surface area contributed by atoms with Gasteiger partial charge >= 0.3 is 0 Å². The summed E-state index contributed by atoms with van der Waals surface area (Å²) >= 11 is 0. The summed E-state index contributed by atoms with van der Waals surface area (Å²) in [5.41, 5.74) is 0.572. The van der Waals surface area contributed by atoms with Crippen LogP contribution in [-0.2, 0) is 6.61 Å². The fraction of sp³-hybridized carbons (Fsp3) is 0.125. The first-order chi connectivity index (χ1) is 14.7. The van der Waals surface area contributed by atoms with E-state index in [1.54, 1.807) is 37.4 Å². The van der Waals surface area contributed by atoms with E-state index in [0.29, 0.717) is 22.9 Å². The van der Waals surface area contributed by atoms with E-state index in [1.165, 1.54) is 7.11 Å². The third kappa shape index (κ3) is 4.22. The molecule has 0 saturated carbocycles. The Labute approximate surface area is 174 Å². The van der Waals surface area contributed by atoms with Gasteiger partial charge < -0.3 is 23.9 Å². The van der Waals surface area contributed by atoms with Crippen LogP contribution in [0.1, 0.15) is 16.3 Å². The minimum absolute atomic E-state index is 0.196. The standard InChI is InChI=1S/C24H21NO5/c1-27-21-11-8-18(14-23(21)28-2)25-24(26)22-12-10-20(30-22)15-29-19-9-7-16-5-3-4-6-17(16)13-19/h3-14H,15H2,1-2H3,(H,25,26). The average Bonchev–Trinajstić information content (AvgIpc) is 3.26. The second-order valence-electron chi connectivity index (χ2n) is 6.59. The molecule has 3 aromatic carbocycles. The summed E-state index contributed by atoms with van der Waals surface area (Å²) in [6.45, 7) is 0.224. The molecule has 1 N–H and O–H groups in total. The Morgan fingerprint density at radius 1 is 0.867 bits per heavy atom. The zero-order valence-corrected chi connectivity index (χ0v) is 16.7. The molecule has 0 aliphatic carbocycles. The summed E-state index contributed by atoms with van der Waals surface area (Å²) in [5, 5.41) is 5.03. The fourth-order valence-corrected chi connectivity index (χ4v) is 3.10. The Morgan fingerprint density at radius 3 is 2.47 bits per heavy atom. The highest BCUT2D eigenvalue weighted by atomic mass is 16.5. The quantitative estimate of drug-likeness (QED) is 0.455. The number of rotatable bonds is 7. The van der Waals surface area contributed by atoms with E-state index in [4.69, 9.17) is 18.6 Å². The van der Waals surface area contributed by atoms with Crippen molar-refractivity contribution in [3.63, 3.8) is 0 Å². The number of amides is 1. The van der Waals surface area contributed by atoms with Crippen LogP contribution in [0, 0.1) is 0 Å². The SMILES string of the molecule is COc1ccc(NC(=O)c2ccc(COc3ccc4ccccc4c3)o2)cc1OC. The number of hydrogen-bond acceptors (Lipinski definition) is 5. The summed E-state index contributed by atoms with van der Waals surface area (Å²) < 4.78 is 21.9. The van der Waals surface area contributed by atoms with Gasteiger partial charge in [-0.1, -0.05) is 30.3 Å². The van der Waals surface area contributed by atoms with Crippen LogP contribution in [0.25, 0.3) is 10.8 Å². The van der Waals surface area contributed by atoms with E-state index >= 15 is 0 Å². The predicted octanol–water partition coefficient (Wildman–Crippen LogP) is 5.28. The van der Waals surface area contributed by atoms with Crippen molar-refractivity contribution in [2.75, 3.05) is 19.5 Å². The van der Waals surface area contributed by atoms with Crippen molar-refractivity contribution in [3.05, 3.63) is 84.3 Å². The molecule has 0 unspecified atom stereocenters. The first-order valence-corrected chi connectivity index (χ1v) is 9.40. The van der Waals surface area contributed by atoms with Crippen molar-refractivity contribution in [1.82, 2.24) is 0 Å². The average molecular weight is 403 g/mol. The Morgan fingerprint density at radius 2 is 1.67 bits per heavy atom. The molecule has 1 aromatic heterocycles. The van der Waals surface area contributed by atoms with Gasteiger partial charge in [0.1, 0.15) is 18.1 Å². The van der Waals surface area contributed by atoms with Gasteiger partial charge in [0.05, 0.1) is 14.2 Å². The molecular weight excluding hydrogens is 382 g/mol. The van der Waals surface area contributed by atoms with Crippen LogP contribution in [0.2, 0.25) is 0 Å². The Balaban J connectivity index is 1.40. The molecule has 6 heteroatoms. The van der Waals surface area contributed by atoms with Crippen molar-refractivity contribution < 1.29 is 23.4 Å². The van der Waals surface area contributed by atoms with E-state index in [-0.39, 0.29) is 18.3 Å². The zero-order chi connectivity index (χ0) is 20.9. The minimum atomic E-state index is -0.362. The third-order valence-electron chi connectivity index (χ3n) is 4.63. The van der Waals surface area contributed by atoms with Crippen LogP contribution in [0.5, 0.6) is 17.2 Å². The zero-order valence-electron chi connectivity index (χ0n) is 16.7. The molecule has 1 amide bonds. The number of furan rings is 1. The number of hydrogen-bond donors (Lipinski definition) is 1. The number of fused-ring (bicyclic) bond motifs is 1. The van der Waals surface area contributed by atoms with Crippen molar-refractivity contribution in [1.29, 1.82) is 0 Å². The summed E-state index contributed by atoms with van der Waals surface area (Å²) in [6, 6.07) is 22.4. The highest BCUT2D eigenvalue weighted by Gasteiger charge is 2.13. The van der Waals surface area contributed by atoms with E-state index in [1.807, 2.05) is 36.4 Å². The molecule has 0 spiro atoms. The largest absolute Gasteiger partial charge is 0.493 e. The highest BCUT2D eigenvalue weighted by molar-refractivity contribution is 6.02. The minimum Gasteiger partial charge on any atom is -0.493 e. The molecule has 4 rings (SSSR count). The maximum absolute atomic E-state index is 12.5. The number of carbonyl (C=O) groups is 1. The molecule has 30 heavy (non-hydrogen) atoms. The molecule has 0 radical (unpaired) electrons. The van der Waals surface area contributed by atoms with Gasteiger partial charge in [0, 0.05) is 11.8 Å². The summed E-state index contributed by atoms with van der Waals surface area (Å²) in [4.78, 5) is 12.5. The lowest BCUT2D eigenvalue weighted by Crippen LogP contribution is -2.11. The van der Waals surface area contributed by atoms with Crippen LogP contribution in [0.3, 0.4) is 0 Å². The Kier molecular flexibility index (Phi) is 5.57. The molecule has 0 bridgehead atoms. The van der Waals surface area contributed by atoms with Crippen LogP contribution in [0.4, 0.5) is 5.69 Å². The summed E-state index contributed by atoms with van der Waals surface area (Å²) in [6.07, 6.45) is 0. The van der Waals surface area contributed by atoms with Gasteiger partial charge in [-0.3, -0.25) is 4.79 Å². The number of anilines is 1. The lowest BCUT2D eigenvalue weighted by atomic mass is 10.1. The number of benzene rings is 3. The monoisotopic (exact) mass is 403 g/mol. The van der Waals surface area contributed by atoms with E-state index in [2.05, 4.69) is 11.4 Å². The smallest absolute Gasteiger partial charge is 0.291 e. The van der Waals surface area contributed by atoms with Crippen LogP contribution in [-0.4, -0.2) is 20.1 Å². The van der Waals surface area contributed by atoms with Crippen molar-refractivity contribution in [3.8, 4) is 17.2 Å². The highest BCUT2D eigenvalue weighted by Crippen LogP contribution is 2.30. The second kappa shape index (κ2) is 8.61. The van der Waals surface area contributed by atoms with Gasteiger partial charge in [0.25, 0.3) is 5.91 Å². The molecule has 0 aliphatic heterocycles. The van der Waals surface area contributed by atoms with Crippen molar-refractivity contribution >= 4 is 22.4 Å². The molecule has 4 aromatic rings. The van der Waals surface area contributed by atoms with Gasteiger partial charge in [-0.15, -0.1) is 0 Å². The molecule has 0 saturated heterocycles. The summed E-state index contributed by atoms with van der Waals surface area (Å²) in [7, 11) is 3.10. The lowest BCUT2D eigenvalue weighted by molar-refractivity contribution is 0.0992. The second-order valence-corrected chi connectivity index (χ2v) is 6.59. The van der Waals surface area contributed by atoms with Gasteiger partial charge in [0.2, 0.25) is 0 Å². The van der Waals surface area contributed by atoms with Gasteiger partial charge in [0.15, 0.2) is 17.3 Å². The molecule has 0 aliphatic rings. The van der Waals surface area contributed by atoms with Crippen LogP contribution in [0.15, 0.2) is 77.2 Å². The summed E-state index contributed by atoms with van der Waals surface area (Å²) in [5.74, 6) is 2.24. The molecular formula is C24H21NO5. The first kappa shape index (κ1) is 19.4. The molecule has 0 fully saturated rings. The molecule has 152 valence electrons. The van der Waals surface area contributed by atoms with Gasteiger partial charge in [-0.05, 0) is 47.2 Å². The number of nitrogens with one attached hydrogen (secondary N) is 1. The number of ether oxygens (including phenoxy) is 3. The molecule has 0 atom stereocenters. The normalized spacial score (nSPS) is 10.6. The van der Waals surface area contributed by atoms with Crippen molar-refractivity contribution in [2.24, 2.45) is 0 Å². The lowest BCUT2D eigenvalue weighted by Gasteiger charge is -2.10. The molecule has 1 heterocycles. The Bertz CT molecular complexity index is 1180. The first-order valence-electron chi connectivity index (χ1n) is 9.40. The number of methoxy groups -OCH3 is 2. The van der Waals surface area contributed by atoms with E-state index < -0.39 is 0 Å². The molecule has 6 nitrogen and oxygen atoms in total. The maximum Gasteiger partial charge on any atom is 0.291 e. The number of carbonyl (C=O) groups excluding carboxylic acids is 1. The van der Waals surface area contributed by atoms with E-state index in [9.17, 15) is 4.79 Å². The van der Waals surface area contributed by atoms with E-state index in [0.717, 1.165) is 16.5 Å². The maximum atomic E-state index is 12.5. The van der Waals surface area contributed by atoms with Gasteiger partial charge in [-0.25, -0.2) is 0 Å².